The van der Waals surface area contributed by atoms with Gasteiger partial charge in [-0.25, -0.2) is 4.99 Å². The summed E-state index contributed by atoms with van der Waals surface area (Å²) in [6, 6.07) is 12.4. The molecular weight excluding hydrogens is 338 g/mol. The Morgan fingerprint density at radius 3 is 1.93 bits per heavy atom. The summed E-state index contributed by atoms with van der Waals surface area (Å²) in [5, 5.41) is 0. The Balaban J connectivity index is 1.63. The van der Waals surface area contributed by atoms with E-state index in [0.29, 0.717) is 23.3 Å². The second kappa shape index (κ2) is 4.91. The third-order valence-electron chi connectivity index (χ3n) is 6.34. The second-order valence-corrected chi connectivity index (χ2v) is 8.21. The van der Waals surface area contributed by atoms with Gasteiger partial charge in [-0.2, -0.15) is 0 Å². The second-order valence-electron chi connectivity index (χ2n) is 8.21. The van der Waals surface area contributed by atoms with Crippen LogP contribution in [-0.2, 0) is 10.3 Å². The first-order valence-electron chi connectivity index (χ1n) is 9.68. The number of guanidine groups is 1. The highest BCUT2D eigenvalue weighted by molar-refractivity contribution is 6.10. The van der Waals surface area contributed by atoms with Gasteiger partial charge in [0.2, 0.25) is 5.54 Å². The molecule has 1 amide bonds. The highest BCUT2D eigenvalue weighted by Crippen LogP contribution is 2.54. The van der Waals surface area contributed by atoms with E-state index < -0.39 is 5.54 Å². The van der Waals surface area contributed by atoms with Crippen molar-refractivity contribution < 1.29 is 9.53 Å². The van der Waals surface area contributed by atoms with Crippen molar-refractivity contribution in [2.75, 3.05) is 7.05 Å². The average molecular weight is 359 g/mol. The Labute approximate surface area is 157 Å². The molecule has 136 valence electrons. The van der Waals surface area contributed by atoms with Gasteiger partial charge in [-0.05, 0) is 72.9 Å². The van der Waals surface area contributed by atoms with Gasteiger partial charge >= 0.3 is 0 Å². The van der Waals surface area contributed by atoms with Crippen LogP contribution >= 0.6 is 0 Å². The third-order valence-corrected chi connectivity index (χ3v) is 6.34. The number of fused-ring (bicyclic) bond motifs is 4. The molecule has 2 aromatic carbocycles. The van der Waals surface area contributed by atoms with Crippen molar-refractivity contribution in [1.29, 1.82) is 0 Å². The molecule has 0 saturated heterocycles. The monoisotopic (exact) mass is 359 g/mol. The summed E-state index contributed by atoms with van der Waals surface area (Å²) < 4.78 is 6.21. The molecule has 2 fully saturated rings. The minimum absolute atomic E-state index is 0.105. The first-order chi connectivity index (χ1) is 13.1. The first-order valence-corrected chi connectivity index (χ1v) is 9.68. The van der Waals surface area contributed by atoms with Gasteiger partial charge in [0.05, 0.1) is 0 Å². The highest BCUT2D eigenvalue weighted by Gasteiger charge is 2.55. The number of carbonyl (C=O) groups excluding carboxylic acids is 1. The molecule has 4 aliphatic rings. The number of nitrogens with zero attached hydrogens (tertiary/aromatic N) is 2. The van der Waals surface area contributed by atoms with E-state index in [2.05, 4.69) is 24.3 Å². The number of amides is 1. The van der Waals surface area contributed by atoms with Crippen molar-refractivity contribution in [3.05, 3.63) is 58.7 Å². The van der Waals surface area contributed by atoms with E-state index in [9.17, 15) is 4.79 Å². The molecule has 0 aromatic heterocycles. The number of nitrogens with two attached hydrogens (primary N) is 1. The lowest BCUT2D eigenvalue weighted by molar-refractivity contribution is -0.129. The van der Waals surface area contributed by atoms with Gasteiger partial charge in [0.1, 0.15) is 11.5 Å². The fraction of sp³-hybridized carbons (Fsp3) is 0.364. The maximum atomic E-state index is 13.5. The van der Waals surface area contributed by atoms with E-state index in [1.165, 1.54) is 41.7 Å². The molecule has 0 atom stereocenters. The van der Waals surface area contributed by atoms with Crippen LogP contribution in [0.4, 0.5) is 0 Å². The predicted octanol–water partition coefficient (Wildman–Crippen LogP) is 3.58. The number of aliphatic imine (C=N–C) groups is 1. The van der Waals surface area contributed by atoms with Gasteiger partial charge in [0, 0.05) is 18.2 Å². The van der Waals surface area contributed by atoms with Crippen LogP contribution in [0.15, 0.2) is 41.4 Å². The van der Waals surface area contributed by atoms with E-state index >= 15 is 0 Å². The number of hydrogen-bond donors (Lipinski definition) is 1. The number of benzene rings is 2. The van der Waals surface area contributed by atoms with E-state index in [4.69, 9.17) is 15.5 Å². The van der Waals surface area contributed by atoms with Crippen LogP contribution in [0.1, 0.15) is 59.8 Å². The zero-order chi connectivity index (χ0) is 18.3. The smallest absolute Gasteiger partial charge is 0.266 e. The number of hydrogen-bond acceptors (Lipinski definition) is 4. The normalized spacial score (nSPS) is 22.3. The zero-order valence-electron chi connectivity index (χ0n) is 15.2. The Bertz CT molecular complexity index is 972. The summed E-state index contributed by atoms with van der Waals surface area (Å²) in [6.07, 6.45) is 4.81. The minimum Gasteiger partial charge on any atom is -0.457 e. The lowest BCUT2D eigenvalue weighted by atomic mass is 9.78. The molecule has 2 aromatic rings. The molecule has 2 N–H and O–H groups in total. The first kappa shape index (κ1) is 15.3. The number of ether oxygens (including phenoxy) is 1. The lowest BCUT2D eigenvalue weighted by Gasteiger charge is -2.34. The quantitative estimate of drug-likeness (QED) is 0.891. The van der Waals surface area contributed by atoms with Crippen LogP contribution in [0.3, 0.4) is 0 Å². The topological polar surface area (TPSA) is 67.9 Å². The fourth-order valence-electron chi connectivity index (χ4n) is 4.44. The van der Waals surface area contributed by atoms with Crippen LogP contribution < -0.4 is 10.5 Å². The molecule has 6 rings (SSSR count). The van der Waals surface area contributed by atoms with Crippen LogP contribution in [-0.4, -0.2) is 23.8 Å². The molecule has 1 spiro atoms. The Morgan fingerprint density at radius 2 is 1.52 bits per heavy atom. The number of carbonyl (C=O) groups is 1. The van der Waals surface area contributed by atoms with Crippen LogP contribution in [0.25, 0.3) is 0 Å². The van der Waals surface area contributed by atoms with Crippen molar-refractivity contribution in [3.8, 4) is 11.5 Å². The molecule has 0 unspecified atom stereocenters. The molecule has 0 bridgehead atoms. The molecule has 2 saturated carbocycles. The van der Waals surface area contributed by atoms with E-state index in [1.54, 1.807) is 7.05 Å². The van der Waals surface area contributed by atoms with Crippen molar-refractivity contribution in [3.63, 3.8) is 0 Å². The van der Waals surface area contributed by atoms with Crippen LogP contribution in [0.2, 0.25) is 0 Å². The zero-order valence-corrected chi connectivity index (χ0v) is 15.2. The SMILES string of the molecule is CN1C(=O)C2(N=C1N)c1cc(C3CC3)ccc1Oc1ccc(C3CC3)cc12. The van der Waals surface area contributed by atoms with Crippen LogP contribution in [0, 0.1) is 0 Å². The number of likely N-dealkylation sites (N-methyl/N-ethyl adjacent to an activating group) is 1. The largest absolute Gasteiger partial charge is 0.457 e. The predicted molar refractivity (Wildman–Crippen MR) is 102 cm³/mol. The third kappa shape index (κ3) is 2.00. The standard InChI is InChI=1S/C22H21N3O2/c1-25-20(26)22(24-21(25)23)16-10-14(12-2-3-12)6-8-18(16)27-19-9-7-15(11-17(19)22)13-4-5-13/h6-13H,2-5H2,1H3,(H2,23,24). The van der Waals surface area contributed by atoms with Crippen molar-refractivity contribution in [2.45, 2.75) is 43.1 Å². The molecular formula is C22H21N3O2. The van der Waals surface area contributed by atoms with Crippen LogP contribution in [0.5, 0.6) is 11.5 Å². The Hall–Kier alpha value is -2.82. The summed E-state index contributed by atoms with van der Waals surface area (Å²) in [4.78, 5) is 19.7. The Morgan fingerprint density at radius 1 is 1.00 bits per heavy atom. The molecule has 5 nitrogen and oxygen atoms in total. The molecule has 2 aliphatic heterocycles. The van der Waals surface area contributed by atoms with Gasteiger partial charge in [-0.1, -0.05) is 12.1 Å². The van der Waals surface area contributed by atoms with E-state index in [1.807, 2.05) is 12.1 Å². The maximum Gasteiger partial charge on any atom is 0.266 e. The van der Waals surface area contributed by atoms with Gasteiger partial charge in [0.25, 0.3) is 5.91 Å². The summed E-state index contributed by atoms with van der Waals surface area (Å²) in [7, 11) is 1.69. The number of rotatable bonds is 2. The molecule has 0 radical (unpaired) electrons. The van der Waals surface area contributed by atoms with Crippen molar-refractivity contribution in [1.82, 2.24) is 4.90 Å². The maximum absolute atomic E-state index is 13.5. The Kier molecular flexibility index (Phi) is 2.78. The summed E-state index contributed by atoms with van der Waals surface area (Å²) in [5.41, 5.74) is 9.16. The molecule has 27 heavy (non-hydrogen) atoms. The minimum atomic E-state index is -1.13. The molecule has 2 heterocycles. The summed E-state index contributed by atoms with van der Waals surface area (Å²) in [5.74, 6) is 2.72. The molecule has 2 aliphatic carbocycles. The van der Waals surface area contributed by atoms with E-state index in [0.717, 1.165) is 11.1 Å². The van der Waals surface area contributed by atoms with Gasteiger partial charge in [-0.3, -0.25) is 9.69 Å². The summed E-state index contributed by atoms with van der Waals surface area (Å²) >= 11 is 0. The van der Waals surface area contributed by atoms with Crippen molar-refractivity contribution >= 4 is 11.9 Å². The average Bonchev–Trinajstić information content (AvgIpc) is 3.57. The van der Waals surface area contributed by atoms with Crippen molar-refractivity contribution in [2.24, 2.45) is 10.7 Å². The van der Waals surface area contributed by atoms with E-state index in [-0.39, 0.29) is 11.9 Å². The fourth-order valence-corrected chi connectivity index (χ4v) is 4.44. The van der Waals surface area contributed by atoms with Gasteiger partial charge in [0.15, 0.2) is 5.96 Å². The lowest BCUT2D eigenvalue weighted by Crippen LogP contribution is -2.42. The van der Waals surface area contributed by atoms with Gasteiger partial charge < -0.3 is 10.5 Å². The summed E-state index contributed by atoms with van der Waals surface area (Å²) in [6.45, 7) is 0. The molecule has 5 heteroatoms. The highest BCUT2D eigenvalue weighted by atomic mass is 16.5. The van der Waals surface area contributed by atoms with Gasteiger partial charge in [-0.15, -0.1) is 0 Å².